The van der Waals surface area contributed by atoms with Crippen molar-refractivity contribution >= 4 is 45.7 Å². The molecule has 1 aromatic heterocycles. The number of aliphatic hydroxyl groups is 1. The van der Waals surface area contributed by atoms with Crippen molar-refractivity contribution in [1.29, 1.82) is 0 Å². The Hall–Kier alpha value is -5.91. The Labute approximate surface area is 321 Å². The van der Waals surface area contributed by atoms with Crippen LogP contribution in [0.4, 0.5) is 5.13 Å². The van der Waals surface area contributed by atoms with Crippen molar-refractivity contribution in [3.63, 3.8) is 0 Å². The van der Waals surface area contributed by atoms with Gasteiger partial charge in [0.05, 0.1) is 18.7 Å². The SMILES string of the molecule is COc1cc(C2/C(=C(\O)c3ccc(OCc4cccc(C)c4)cc3)C(=O)C(=O)N2c2nnc(SCc3ccc(C)cc3)s2)ccc1OCc1ccccc1. The van der Waals surface area contributed by atoms with Crippen LogP contribution in [-0.4, -0.2) is 34.1 Å². The van der Waals surface area contributed by atoms with Gasteiger partial charge in [-0.2, -0.15) is 0 Å². The van der Waals surface area contributed by atoms with E-state index in [0.717, 1.165) is 22.3 Å². The van der Waals surface area contributed by atoms with Gasteiger partial charge in [0, 0.05) is 11.3 Å². The summed E-state index contributed by atoms with van der Waals surface area (Å²) < 4.78 is 18.4. The number of nitrogens with zero attached hydrogens (tertiary/aromatic N) is 3. The topological polar surface area (TPSA) is 111 Å². The Balaban J connectivity index is 1.21. The number of carbonyl (C=O) groups is 2. The van der Waals surface area contributed by atoms with Gasteiger partial charge in [-0.05, 0) is 72.5 Å². The molecule has 1 atom stereocenters. The van der Waals surface area contributed by atoms with Crippen LogP contribution < -0.4 is 19.1 Å². The van der Waals surface area contributed by atoms with E-state index in [1.54, 1.807) is 42.5 Å². The molecule has 2 heterocycles. The number of ether oxygens (including phenoxy) is 3. The second kappa shape index (κ2) is 16.4. The van der Waals surface area contributed by atoms with Crippen molar-refractivity contribution in [2.45, 2.75) is 43.2 Å². The summed E-state index contributed by atoms with van der Waals surface area (Å²) >= 11 is 2.70. The lowest BCUT2D eigenvalue weighted by atomic mass is 9.95. The molecule has 1 aliphatic rings. The summed E-state index contributed by atoms with van der Waals surface area (Å²) in [5, 5.41) is 20.8. The first-order valence-electron chi connectivity index (χ1n) is 17.2. The summed E-state index contributed by atoms with van der Waals surface area (Å²) in [6, 6.07) is 37.0. The number of carbonyl (C=O) groups excluding carboxylic acids is 2. The standard InChI is InChI=1S/C43H37N3O6S2/c1-27-12-14-30(15-13-27)26-53-43-45-44-42(54-43)46-38(33-18-21-35(36(23-33)50-3)52-24-29-9-5-4-6-10-29)37(40(48)41(46)49)39(47)32-16-19-34(20-17-32)51-25-31-11-7-8-28(2)22-31/h4-23,38,47H,24-26H2,1-3H3/b39-37+. The summed E-state index contributed by atoms with van der Waals surface area (Å²) in [5.41, 5.74) is 6.23. The normalized spacial score (nSPS) is 15.0. The van der Waals surface area contributed by atoms with Gasteiger partial charge in [-0.15, -0.1) is 10.2 Å². The molecule has 0 saturated carbocycles. The summed E-state index contributed by atoms with van der Waals surface area (Å²) in [7, 11) is 1.52. The average molecular weight is 756 g/mol. The number of aromatic nitrogens is 2. The molecule has 9 nitrogen and oxygen atoms in total. The zero-order valence-corrected chi connectivity index (χ0v) is 31.5. The number of hydrogen-bond acceptors (Lipinski definition) is 10. The van der Waals surface area contributed by atoms with E-state index in [0.29, 0.717) is 51.7 Å². The number of anilines is 1. The molecule has 7 rings (SSSR count). The Morgan fingerprint density at radius 2 is 1.50 bits per heavy atom. The lowest BCUT2D eigenvalue weighted by Crippen LogP contribution is -2.29. The number of methoxy groups -OCH3 is 1. The van der Waals surface area contributed by atoms with Gasteiger partial charge in [0.2, 0.25) is 5.13 Å². The van der Waals surface area contributed by atoms with Crippen LogP contribution in [0.3, 0.4) is 0 Å². The first-order chi connectivity index (χ1) is 26.3. The minimum absolute atomic E-state index is 0.0857. The predicted octanol–water partition coefficient (Wildman–Crippen LogP) is 9.24. The van der Waals surface area contributed by atoms with E-state index in [9.17, 15) is 14.7 Å². The number of benzene rings is 5. The van der Waals surface area contributed by atoms with Gasteiger partial charge in [-0.25, -0.2) is 0 Å². The van der Waals surface area contributed by atoms with Crippen LogP contribution in [0.5, 0.6) is 17.2 Å². The summed E-state index contributed by atoms with van der Waals surface area (Å²) in [6.45, 7) is 4.75. The Bertz CT molecular complexity index is 2310. The average Bonchev–Trinajstić information content (AvgIpc) is 3.77. The van der Waals surface area contributed by atoms with Crippen LogP contribution in [0, 0.1) is 13.8 Å². The molecule has 54 heavy (non-hydrogen) atoms. The highest BCUT2D eigenvalue weighted by atomic mass is 32.2. The minimum atomic E-state index is -1.04. The van der Waals surface area contributed by atoms with Crippen molar-refractivity contribution in [2.75, 3.05) is 12.0 Å². The third-order valence-electron chi connectivity index (χ3n) is 8.89. The smallest absolute Gasteiger partial charge is 0.301 e. The molecule has 1 saturated heterocycles. The molecule has 1 fully saturated rings. The molecule has 1 N–H and O–H groups in total. The number of rotatable bonds is 13. The fraction of sp³-hybridized carbons (Fsp3) is 0.163. The van der Waals surface area contributed by atoms with E-state index < -0.39 is 17.7 Å². The number of amides is 1. The molecule has 6 aromatic rings. The number of thioether (sulfide) groups is 1. The fourth-order valence-corrected chi connectivity index (χ4v) is 7.90. The number of hydrogen-bond donors (Lipinski definition) is 1. The Morgan fingerprint density at radius 3 is 2.24 bits per heavy atom. The highest BCUT2D eigenvalue weighted by Crippen LogP contribution is 2.46. The van der Waals surface area contributed by atoms with Crippen LogP contribution in [0.1, 0.15) is 45.0 Å². The van der Waals surface area contributed by atoms with Crippen LogP contribution in [0.15, 0.2) is 131 Å². The molecule has 0 spiro atoms. The molecule has 272 valence electrons. The second-order valence-corrected chi connectivity index (χ2v) is 15.0. The van der Waals surface area contributed by atoms with E-state index in [2.05, 4.69) is 40.5 Å². The lowest BCUT2D eigenvalue weighted by molar-refractivity contribution is -0.132. The van der Waals surface area contributed by atoms with E-state index in [4.69, 9.17) is 14.2 Å². The van der Waals surface area contributed by atoms with E-state index in [1.165, 1.54) is 40.7 Å². The molecule has 0 radical (unpaired) electrons. The molecular weight excluding hydrogens is 719 g/mol. The van der Waals surface area contributed by atoms with Crippen LogP contribution >= 0.6 is 23.1 Å². The fourth-order valence-electron chi connectivity index (χ4n) is 6.07. The Morgan fingerprint density at radius 1 is 0.759 bits per heavy atom. The molecule has 0 aliphatic carbocycles. The second-order valence-electron chi connectivity index (χ2n) is 12.8. The summed E-state index contributed by atoms with van der Waals surface area (Å²) in [5.74, 6) is 0.130. The van der Waals surface area contributed by atoms with Crippen molar-refractivity contribution in [3.8, 4) is 17.2 Å². The van der Waals surface area contributed by atoms with Crippen molar-refractivity contribution < 1.29 is 28.9 Å². The molecular formula is C43H37N3O6S2. The van der Waals surface area contributed by atoms with Crippen molar-refractivity contribution in [3.05, 3.63) is 166 Å². The number of ketones is 1. The van der Waals surface area contributed by atoms with Crippen LogP contribution in [0.25, 0.3) is 5.76 Å². The van der Waals surface area contributed by atoms with Gasteiger partial charge >= 0.3 is 5.91 Å². The van der Waals surface area contributed by atoms with Crippen molar-refractivity contribution in [1.82, 2.24) is 10.2 Å². The maximum atomic E-state index is 13.9. The van der Waals surface area contributed by atoms with Crippen LogP contribution in [-0.2, 0) is 28.6 Å². The third kappa shape index (κ3) is 8.17. The third-order valence-corrected chi connectivity index (χ3v) is 11.0. The van der Waals surface area contributed by atoms with E-state index in [-0.39, 0.29) is 16.5 Å². The predicted molar refractivity (Wildman–Crippen MR) is 211 cm³/mol. The quantitative estimate of drug-likeness (QED) is 0.0406. The van der Waals surface area contributed by atoms with E-state index >= 15 is 0 Å². The highest BCUT2D eigenvalue weighted by molar-refractivity contribution is 8.00. The zero-order chi connectivity index (χ0) is 37.6. The molecule has 0 bridgehead atoms. The monoisotopic (exact) mass is 755 g/mol. The van der Waals surface area contributed by atoms with Gasteiger partial charge in [-0.3, -0.25) is 14.5 Å². The number of Topliss-reactive ketones (excluding diaryl/α,β-unsaturated/α-hetero) is 1. The maximum absolute atomic E-state index is 13.9. The maximum Gasteiger partial charge on any atom is 0.301 e. The lowest BCUT2D eigenvalue weighted by Gasteiger charge is -2.23. The highest BCUT2D eigenvalue weighted by Gasteiger charge is 2.48. The van der Waals surface area contributed by atoms with E-state index in [1.807, 2.05) is 62.4 Å². The number of aliphatic hydroxyl groups excluding tert-OH is 1. The molecule has 1 amide bonds. The summed E-state index contributed by atoms with van der Waals surface area (Å²) in [6.07, 6.45) is 0. The molecule has 1 unspecified atom stereocenters. The van der Waals surface area contributed by atoms with Gasteiger partial charge in [0.15, 0.2) is 15.8 Å². The van der Waals surface area contributed by atoms with Crippen molar-refractivity contribution in [2.24, 2.45) is 0 Å². The minimum Gasteiger partial charge on any atom is -0.507 e. The first-order valence-corrected chi connectivity index (χ1v) is 19.0. The van der Waals surface area contributed by atoms with Crippen LogP contribution in [0.2, 0.25) is 0 Å². The van der Waals surface area contributed by atoms with Gasteiger partial charge < -0.3 is 19.3 Å². The molecule has 5 aromatic carbocycles. The largest absolute Gasteiger partial charge is 0.507 e. The van der Waals surface area contributed by atoms with Gasteiger partial charge in [0.1, 0.15) is 24.7 Å². The molecule has 11 heteroatoms. The number of aryl methyl sites for hydroxylation is 2. The summed E-state index contributed by atoms with van der Waals surface area (Å²) in [4.78, 5) is 29.2. The first kappa shape index (κ1) is 36.4. The van der Waals surface area contributed by atoms with Gasteiger partial charge in [-0.1, -0.05) is 119 Å². The van der Waals surface area contributed by atoms with Gasteiger partial charge in [0.25, 0.3) is 5.78 Å². The zero-order valence-electron chi connectivity index (χ0n) is 29.9. The molecule has 1 aliphatic heterocycles. The Kier molecular flexibility index (Phi) is 11.1.